The van der Waals surface area contributed by atoms with Crippen LogP contribution in [0, 0.1) is 30.1 Å². The largest absolute Gasteiger partial charge is 0.393 e. The molecule has 0 radical (unpaired) electrons. The van der Waals surface area contributed by atoms with Crippen molar-refractivity contribution in [1.29, 1.82) is 0 Å². The molecule has 0 spiro atoms. The Balaban J connectivity index is 1.69. The second-order valence-corrected chi connectivity index (χ2v) is 9.91. The van der Waals surface area contributed by atoms with Gasteiger partial charge in [-0.3, -0.25) is 8.98 Å². The summed E-state index contributed by atoms with van der Waals surface area (Å²) in [6.45, 7) is 6.04. The van der Waals surface area contributed by atoms with E-state index in [1.165, 1.54) is 0 Å². The van der Waals surface area contributed by atoms with Gasteiger partial charge in [-0.25, -0.2) is 0 Å². The van der Waals surface area contributed by atoms with E-state index in [0.29, 0.717) is 6.42 Å². The van der Waals surface area contributed by atoms with E-state index < -0.39 is 16.2 Å². The van der Waals surface area contributed by atoms with Crippen LogP contribution in [-0.2, 0) is 19.1 Å². The molecule has 0 unspecified atom stereocenters. The number of fused-ring (bicyclic) bond motifs is 1. The van der Waals surface area contributed by atoms with E-state index in [0.717, 1.165) is 18.4 Å². The molecular formula is C20H28O5S. The molecule has 5 nitrogen and oxygen atoms in total. The normalized spacial score (nSPS) is 33.1. The van der Waals surface area contributed by atoms with Gasteiger partial charge in [0.25, 0.3) is 10.1 Å². The van der Waals surface area contributed by atoms with Crippen molar-refractivity contribution < 1.29 is 22.5 Å². The molecule has 0 amide bonds. The number of ketones is 1. The van der Waals surface area contributed by atoms with Gasteiger partial charge in [0, 0.05) is 12.3 Å². The van der Waals surface area contributed by atoms with Crippen molar-refractivity contribution in [3.63, 3.8) is 0 Å². The molecule has 3 rings (SSSR count). The summed E-state index contributed by atoms with van der Waals surface area (Å²) >= 11 is 0. The molecule has 0 heterocycles. The van der Waals surface area contributed by atoms with Gasteiger partial charge in [-0.2, -0.15) is 8.42 Å². The number of hydrogen-bond acceptors (Lipinski definition) is 5. The van der Waals surface area contributed by atoms with E-state index in [1.807, 2.05) is 13.8 Å². The summed E-state index contributed by atoms with van der Waals surface area (Å²) in [5.41, 5.74) is 0.716. The van der Waals surface area contributed by atoms with Crippen molar-refractivity contribution in [3.05, 3.63) is 29.8 Å². The van der Waals surface area contributed by atoms with Crippen molar-refractivity contribution in [2.24, 2.45) is 23.2 Å². The molecule has 26 heavy (non-hydrogen) atoms. The Morgan fingerprint density at radius 2 is 1.92 bits per heavy atom. The first-order valence-corrected chi connectivity index (χ1v) is 10.7. The lowest BCUT2D eigenvalue weighted by Crippen LogP contribution is -2.45. The fourth-order valence-electron chi connectivity index (χ4n) is 5.06. The van der Waals surface area contributed by atoms with Crippen LogP contribution in [0.25, 0.3) is 0 Å². The Hall–Kier alpha value is -1.24. The zero-order valence-corrected chi connectivity index (χ0v) is 16.5. The number of hydrogen-bond donors (Lipinski definition) is 1. The molecule has 1 aromatic rings. The van der Waals surface area contributed by atoms with Gasteiger partial charge in [-0.15, -0.1) is 0 Å². The second kappa shape index (κ2) is 7.06. The number of rotatable bonds is 5. The van der Waals surface area contributed by atoms with E-state index >= 15 is 0 Å². The molecule has 144 valence electrons. The molecule has 0 aliphatic heterocycles. The first-order chi connectivity index (χ1) is 12.1. The van der Waals surface area contributed by atoms with E-state index in [-0.39, 0.29) is 46.9 Å². The van der Waals surface area contributed by atoms with E-state index in [4.69, 9.17) is 4.18 Å². The fourth-order valence-corrected chi connectivity index (χ4v) is 6.06. The smallest absolute Gasteiger partial charge is 0.296 e. The number of Topliss-reactive ketones (excluding diaryl/α,β-unsaturated/α-hetero) is 1. The monoisotopic (exact) mass is 380 g/mol. The molecule has 2 saturated carbocycles. The molecule has 2 aliphatic rings. The molecular weight excluding hydrogens is 352 g/mol. The minimum atomic E-state index is -3.79. The third-order valence-corrected chi connectivity index (χ3v) is 7.69. The van der Waals surface area contributed by atoms with Crippen LogP contribution in [-0.4, -0.2) is 32.0 Å². The van der Waals surface area contributed by atoms with Crippen molar-refractivity contribution in [1.82, 2.24) is 0 Å². The number of aliphatic hydroxyl groups is 1. The SMILES string of the molecule is Cc1ccc(S(=O)(=O)OC[C@@H](C)[C@H]2CC[C@H]3C(=O)C[C@H](O)C[C@]23C)cc1. The van der Waals surface area contributed by atoms with Crippen molar-refractivity contribution >= 4 is 15.9 Å². The van der Waals surface area contributed by atoms with Crippen LogP contribution in [0.15, 0.2) is 29.2 Å². The zero-order chi connectivity index (χ0) is 19.1. The topological polar surface area (TPSA) is 80.7 Å². The van der Waals surface area contributed by atoms with Crippen LogP contribution in [0.4, 0.5) is 0 Å². The summed E-state index contributed by atoms with van der Waals surface area (Å²) in [5, 5.41) is 10.1. The molecule has 1 aromatic carbocycles. The first kappa shape index (κ1) is 19.5. The van der Waals surface area contributed by atoms with E-state index in [1.54, 1.807) is 24.3 Å². The van der Waals surface area contributed by atoms with Crippen LogP contribution < -0.4 is 0 Å². The Morgan fingerprint density at radius 1 is 1.27 bits per heavy atom. The summed E-state index contributed by atoms with van der Waals surface area (Å²) in [6, 6.07) is 6.60. The predicted molar refractivity (Wildman–Crippen MR) is 98.0 cm³/mol. The molecule has 0 saturated heterocycles. The van der Waals surface area contributed by atoms with Gasteiger partial charge in [-0.05, 0) is 55.6 Å². The maximum Gasteiger partial charge on any atom is 0.296 e. The van der Waals surface area contributed by atoms with Gasteiger partial charge in [0.05, 0.1) is 17.6 Å². The van der Waals surface area contributed by atoms with Crippen LogP contribution >= 0.6 is 0 Å². The number of aliphatic hydroxyl groups excluding tert-OH is 1. The lowest BCUT2D eigenvalue weighted by atomic mass is 9.61. The third-order valence-electron chi connectivity index (χ3n) is 6.39. The lowest BCUT2D eigenvalue weighted by Gasteiger charge is -2.43. The summed E-state index contributed by atoms with van der Waals surface area (Å²) in [6.07, 6.45) is 1.95. The average Bonchev–Trinajstić information content (AvgIpc) is 2.90. The molecule has 0 aromatic heterocycles. The number of carbonyl (C=O) groups is 1. The summed E-state index contributed by atoms with van der Waals surface area (Å²) in [5.74, 6) is 0.282. The Bertz CT molecular complexity index is 770. The number of aryl methyl sites for hydroxylation is 1. The maximum absolute atomic E-state index is 12.4. The van der Waals surface area contributed by atoms with Gasteiger partial charge in [0.2, 0.25) is 0 Å². The maximum atomic E-state index is 12.4. The molecule has 2 aliphatic carbocycles. The van der Waals surface area contributed by atoms with E-state index in [2.05, 4.69) is 6.92 Å². The van der Waals surface area contributed by atoms with Crippen LogP contribution in [0.5, 0.6) is 0 Å². The Kier molecular flexibility index (Phi) is 5.30. The molecule has 0 bridgehead atoms. The molecule has 6 heteroatoms. The van der Waals surface area contributed by atoms with Gasteiger partial charge < -0.3 is 5.11 Å². The van der Waals surface area contributed by atoms with Gasteiger partial charge >= 0.3 is 0 Å². The van der Waals surface area contributed by atoms with Crippen molar-refractivity contribution in [3.8, 4) is 0 Å². The van der Waals surface area contributed by atoms with Crippen LogP contribution in [0.1, 0.15) is 45.1 Å². The van der Waals surface area contributed by atoms with Crippen LogP contribution in [0.3, 0.4) is 0 Å². The number of carbonyl (C=O) groups excluding carboxylic acids is 1. The summed E-state index contributed by atoms with van der Waals surface area (Å²) in [4.78, 5) is 12.5. The minimum absolute atomic E-state index is 0.0108. The zero-order valence-electron chi connectivity index (χ0n) is 15.6. The summed E-state index contributed by atoms with van der Waals surface area (Å²) in [7, 11) is -3.79. The highest BCUT2D eigenvalue weighted by molar-refractivity contribution is 7.86. The van der Waals surface area contributed by atoms with Crippen molar-refractivity contribution in [2.45, 2.75) is 57.5 Å². The lowest BCUT2D eigenvalue weighted by molar-refractivity contribution is -0.135. The minimum Gasteiger partial charge on any atom is -0.393 e. The third kappa shape index (κ3) is 3.59. The molecule has 5 atom stereocenters. The van der Waals surface area contributed by atoms with Gasteiger partial charge in [-0.1, -0.05) is 31.5 Å². The first-order valence-electron chi connectivity index (χ1n) is 9.30. The standard InChI is InChI=1S/C20H28O5S/c1-13-4-6-16(7-5-13)26(23,24)25-12-14(2)17-8-9-18-19(22)10-15(21)11-20(17,18)3/h4-7,14-15,17-18,21H,8-12H2,1-3H3/t14-,15+,17-,18+,20-/m1/s1. The second-order valence-electron chi connectivity index (χ2n) is 8.30. The van der Waals surface area contributed by atoms with Gasteiger partial charge in [0.1, 0.15) is 5.78 Å². The van der Waals surface area contributed by atoms with E-state index in [9.17, 15) is 18.3 Å². The number of benzene rings is 1. The Morgan fingerprint density at radius 3 is 2.58 bits per heavy atom. The van der Waals surface area contributed by atoms with Crippen molar-refractivity contribution in [2.75, 3.05) is 6.61 Å². The quantitative estimate of drug-likeness (QED) is 0.794. The highest BCUT2D eigenvalue weighted by atomic mass is 32.2. The molecule has 1 N–H and O–H groups in total. The Labute approximate surface area is 155 Å². The summed E-state index contributed by atoms with van der Waals surface area (Å²) < 4.78 is 30.2. The predicted octanol–water partition coefficient (Wildman–Crippen LogP) is 3.09. The molecule has 2 fully saturated rings. The fraction of sp³-hybridized carbons (Fsp3) is 0.650. The highest BCUT2D eigenvalue weighted by Crippen LogP contribution is 2.56. The van der Waals surface area contributed by atoms with Gasteiger partial charge in [0.15, 0.2) is 0 Å². The average molecular weight is 381 g/mol. The highest BCUT2D eigenvalue weighted by Gasteiger charge is 2.54. The van der Waals surface area contributed by atoms with Crippen LogP contribution in [0.2, 0.25) is 0 Å².